The van der Waals surface area contributed by atoms with E-state index in [1.54, 1.807) is 150 Å². The summed E-state index contributed by atoms with van der Waals surface area (Å²) in [6.07, 6.45) is 18.2. The molecule has 4 N–H and O–H groups in total. The average Bonchev–Trinajstić information content (AvgIpc) is 1.62. The van der Waals surface area contributed by atoms with Crippen molar-refractivity contribution < 1.29 is 19.7 Å². The molecule has 0 saturated carbocycles. The largest absolute Gasteiger partial charge is 0.508 e. The summed E-state index contributed by atoms with van der Waals surface area (Å²) < 4.78 is 15.5. The van der Waals surface area contributed by atoms with Crippen molar-refractivity contribution in [1.29, 1.82) is 0 Å². The number of thiophene rings is 4. The predicted octanol–water partition coefficient (Wildman–Crippen LogP) is 20.9. The van der Waals surface area contributed by atoms with Gasteiger partial charge < -0.3 is 25.3 Å². The minimum Gasteiger partial charge on any atom is -0.508 e. The van der Waals surface area contributed by atoms with E-state index in [1.807, 2.05) is 237 Å². The van der Waals surface area contributed by atoms with Crippen molar-refractivity contribution in [3.05, 3.63) is 428 Å². The van der Waals surface area contributed by atoms with Gasteiger partial charge in [0.1, 0.15) is 71.1 Å². The van der Waals surface area contributed by atoms with E-state index in [2.05, 4.69) is 62.1 Å². The number of amides is 1. The molecule has 7 aromatic carbocycles. The summed E-state index contributed by atoms with van der Waals surface area (Å²) >= 11 is 5.54. The van der Waals surface area contributed by atoms with Crippen LogP contribution in [0.3, 0.4) is 0 Å². The molecule has 0 aliphatic rings. The number of methoxy groups -OCH3 is 1. The Morgan fingerprint density at radius 1 is 0.357 bits per heavy atom. The molecule has 0 radical (unpaired) electrons. The SMILES string of the molecule is CCc1ccc(-n2c(-c3ccc(NC(C)=O)nc3)nc3ccsc3c2=O)cc1O.CCc1ccc(-n2c(-c3cccnc3)nc3ccccc3c2=O)cc1O.COc1ccc(-n2c(-c3cccnc3)nc3ccsc3c2=O)cn1.Cc1ccc(-n2c(-c3cccnc3)nc3ccsc3c2=O)cc1C.Cc1cccc(-n2c(-c3cccnc3)nc3ccccc3c2=O)c1.O=c1[nH]c(-c2ccccc2)nc2ccsc12. The Labute approximate surface area is 830 Å². The van der Waals surface area contributed by atoms with Gasteiger partial charge in [0.2, 0.25) is 11.8 Å². The number of carbonyl (C=O) groups is 1. The number of carbonyl (C=O) groups excluding carboxylic acids is 1. The number of nitrogens with zero attached hydrogens (tertiary/aromatic N) is 17. The summed E-state index contributed by atoms with van der Waals surface area (Å²) in [4.78, 5) is 144. The molecule has 143 heavy (non-hydrogen) atoms. The molecule has 29 nitrogen and oxygen atoms in total. The molecule has 0 fully saturated rings. The molecule has 1 amide bonds. The lowest BCUT2D eigenvalue weighted by molar-refractivity contribution is -0.114. The number of aromatic nitrogens is 18. The number of benzene rings is 7. The Morgan fingerprint density at radius 2 is 0.755 bits per heavy atom. The maximum Gasteiger partial charge on any atom is 0.276 e. The summed E-state index contributed by atoms with van der Waals surface area (Å²) in [5.74, 6) is 4.25. The first-order valence-corrected chi connectivity index (χ1v) is 48.4. The highest BCUT2D eigenvalue weighted by Crippen LogP contribution is 2.34. The highest BCUT2D eigenvalue weighted by atomic mass is 32.1. The lowest BCUT2D eigenvalue weighted by Crippen LogP contribution is -2.22. The van der Waals surface area contributed by atoms with Crippen LogP contribution in [0.5, 0.6) is 17.4 Å². The Bertz CT molecular complexity index is 9030. The monoisotopic (exact) mass is 1960 g/mol. The molecule has 0 aliphatic carbocycles. The topological polar surface area (TPSA) is 376 Å². The molecule has 0 atom stereocenters. The zero-order valence-corrected chi connectivity index (χ0v) is 80.9. The minimum atomic E-state index is -0.216. The number of H-pyrrole nitrogens is 1. The highest BCUT2D eigenvalue weighted by molar-refractivity contribution is 7.18. The van der Waals surface area contributed by atoms with Gasteiger partial charge in [0, 0.05) is 114 Å². The second kappa shape index (κ2) is 42.9. The molecule has 23 rings (SSSR count). The van der Waals surface area contributed by atoms with Crippen molar-refractivity contribution in [3.63, 3.8) is 0 Å². The Balaban J connectivity index is 0.000000114. The zero-order chi connectivity index (χ0) is 99.3. The number of phenolic OH excluding ortho intramolecular Hbond substituents is 2. The fraction of sp³-hybridized carbons (Fsp3) is 0.0818. The van der Waals surface area contributed by atoms with Crippen molar-refractivity contribution in [2.45, 2.75) is 54.4 Å². The van der Waals surface area contributed by atoms with Crippen LogP contribution in [0.4, 0.5) is 5.82 Å². The first kappa shape index (κ1) is 95.3. The molecule has 16 heterocycles. The van der Waals surface area contributed by atoms with E-state index in [-0.39, 0.29) is 50.8 Å². The molecule has 0 aliphatic heterocycles. The van der Waals surface area contributed by atoms with Gasteiger partial charge in [-0.2, -0.15) is 0 Å². The number of aromatic amines is 1. The number of hydrogen-bond acceptors (Lipinski definition) is 26. The van der Waals surface area contributed by atoms with Crippen molar-refractivity contribution in [3.8, 4) is 114 Å². The van der Waals surface area contributed by atoms with Crippen LogP contribution in [0, 0.1) is 20.8 Å². The molecular formula is C110H85N19O10S4. The van der Waals surface area contributed by atoms with Gasteiger partial charge in [-0.1, -0.05) is 98.8 Å². The first-order chi connectivity index (χ1) is 69.7. The second-order valence-electron chi connectivity index (χ2n) is 32.3. The van der Waals surface area contributed by atoms with Crippen molar-refractivity contribution in [1.82, 2.24) is 87.6 Å². The fourth-order valence-electron chi connectivity index (χ4n) is 15.8. The highest BCUT2D eigenvalue weighted by Gasteiger charge is 2.24. The molecule has 16 aromatic heterocycles. The minimum absolute atomic E-state index is 0.0443. The van der Waals surface area contributed by atoms with E-state index in [1.165, 1.54) is 67.0 Å². The van der Waals surface area contributed by atoms with Crippen LogP contribution in [-0.4, -0.2) is 111 Å². The van der Waals surface area contributed by atoms with E-state index >= 15 is 0 Å². The summed E-state index contributed by atoms with van der Waals surface area (Å²) in [7, 11) is 1.55. The number of aryl methyl sites for hydroxylation is 5. The fourth-order valence-corrected chi connectivity index (χ4v) is 18.8. The normalized spacial score (nSPS) is 10.9. The summed E-state index contributed by atoms with van der Waals surface area (Å²) in [6.45, 7) is 11.4. The lowest BCUT2D eigenvalue weighted by atomic mass is 10.1. The van der Waals surface area contributed by atoms with E-state index in [0.29, 0.717) is 134 Å². The molecule has 33 heteroatoms. The van der Waals surface area contributed by atoms with Crippen LogP contribution in [-0.2, 0) is 17.6 Å². The third-order valence-electron chi connectivity index (χ3n) is 23.0. The number of ether oxygens (including phenoxy) is 1. The van der Waals surface area contributed by atoms with Crippen molar-refractivity contribution in [2.24, 2.45) is 0 Å². The summed E-state index contributed by atoms with van der Waals surface area (Å²) in [5, 5.41) is 31.8. The van der Waals surface area contributed by atoms with Crippen LogP contribution in [0.15, 0.2) is 367 Å². The quantitative estimate of drug-likeness (QED) is 0.0740. The molecule has 0 unspecified atom stereocenters. The van der Waals surface area contributed by atoms with Crippen molar-refractivity contribution >= 4 is 120 Å². The Morgan fingerprint density at radius 3 is 1.16 bits per heavy atom. The van der Waals surface area contributed by atoms with Gasteiger partial charge in [-0.3, -0.25) is 76.3 Å². The van der Waals surface area contributed by atoms with Crippen molar-refractivity contribution in [2.75, 3.05) is 12.4 Å². The average molecular weight is 1960 g/mol. The standard InChI is InChI=1S/C21H18N4O3S.C21H17N3O2.C20H15N3O.C19H15N3OS.C17H12N4O2S.C12H8N2OS/c1-3-13-4-6-15(10-17(13)27)25-20(24-16-8-9-29-19(16)21(25)28)14-5-7-18(22-11-14)23-12(2)26;1-2-14-9-10-16(12-19(14)25)24-20(15-6-5-11-22-13-15)23-18-8-4-3-7-17(18)21(24)26;1-14-6-4-8-16(12-14)23-19(15-7-5-11-21-13-15)22-18-10-3-2-9-17(18)20(23)24;1-12-5-6-15(10-13(12)2)22-18(14-4-3-8-20-11-14)21-16-7-9-24-17(16)19(22)23;1-23-14-5-4-12(10-19-14)21-16(11-3-2-7-18-9-11)20-13-6-8-24-15(13)17(21)22;15-12-10-9(6-7-16-10)13-11(14-12)8-4-2-1-3-5-8/h4-11,27H,3H2,1-2H3,(H,22,23,26);3-13,25H,2H2,1H3;2-13H,1H3;3-11H,1-2H3;2-10H,1H3;1-7H,(H,13,14,15). The summed E-state index contributed by atoms with van der Waals surface area (Å²) in [5.41, 5.74) is 16.4. The Hall–Kier alpha value is -18.1. The number of fused-ring (bicyclic) bond motifs is 6. The first-order valence-electron chi connectivity index (χ1n) is 44.9. The number of anilines is 1. The molecule has 0 saturated heterocycles. The van der Waals surface area contributed by atoms with Crippen LogP contribution in [0.2, 0.25) is 0 Å². The number of rotatable bonds is 15. The Kier molecular flexibility index (Phi) is 28.6. The van der Waals surface area contributed by atoms with Crippen LogP contribution < -0.4 is 43.4 Å². The third kappa shape index (κ3) is 20.6. The summed E-state index contributed by atoms with van der Waals surface area (Å²) in [6, 6.07) is 77.8. The van der Waals surface area contributed by atoms with Gasteiger partial charge in [0.05, 0.1) is 85.6 Å². The van der Waals surface area contributed by atoms with Gasteiger partial charge in [0.15, 0.2) is 0 Å². The number of para-hydroxylation sites is 2. The second-order valence-corrected chi connectivity index (χ2v) is 36.0. The third-order valence-corrected chi connectivity index (χ3v) is 26.5. The molecule has 704 valence electrons. The molecule has 0 spiro atoms. The smallest absolute Gasteiger partial charge is 0.276 e. The van der Waals surface area contributed by atoms with Crippen LogP contribution >= 0.6 is 45.3 Å². The van der Waals surface area contributed by atoms with Gasteiger partial charge in [-0.15, -0.1) is 45.3 Å². The van der Waals surface area contributed by atoms with Gasteiger partial charge in [0.25, 0.3) is 33.4 Å². The molecule has 0 bridgehead atoms. The van der Waals surface area contributed by atoms with E-state index in [0.717, 1.165) is 72.5 Å². The number of hydrogen-bond donors (Lipinski definition) is 4. The van der Waals surface area contributed by atoms with Crippen LogP contribution in [0.25, 0.3) is 159 Å². The maximum atomic E-state index is 13.2. The van der Waals surface area contributed by atoms with E-state index in [4.69, 9.17) is 19.7 Å². The van der Waals surface area contributed by atoms with Gasteiger partial charge in [-0.25, -0.2) is 39.9 Å². The number of pyridine rings is 6. The van der Waals surface area contributed by atoms with Crippen LogP contribution in [0.1, 0.15) is 48.6 Å². The van der Waals surface area contributed by atoms with E-state index in [9.17, 15) is 43.8 Å². The number of aromatic hydroxyl groups is 2. The van der Waals surface area contributed by atoms with E-state index < -0.39 is 0 Å². The maximum absolute atomic E-state index is 13.2. The van der Waals surface area contributed by atoms with Gasteiger partial charge in [-0.05, 0) is 235 Å². The number of nitrogens with one attached hydrogen (secondary N) is 2. The molecule has 23 aromatic rings. The zero-order valence-electron chi connectivity index (χ0n) is 77.6. The number of phenols is 2. The van der Waals surface area contributed by atoms with Gasteiger partial charge >= 0.3 is 0 Å². The lowest BCUT2D eigenvalue weighted by Gasteiger charge is -2.14. The predicted molar refractivity (Wildman–Crippen MR) is 567 cm³/mol. The molecular weight excluding hydrogens is 1880 g/mol.